The number of aliphatic hydroxyl groups is 2. The number of fused-ring (bicyclic) bond motifs is 1. The first kappa shape index (κ1) is 22.8. The SMILES string of the molecule is Cc1cc(=O)c2c(OCC(O)CO)nc(N3CCOCC3)cc2n1-c1c(Cl)cccc1Cl. The van der Waals surface area contributed by atoms with Crippen molar-refractivity contribution in [3.63, 3.8) is 0 Å². The normalized spacial score (nSPS) is 15.2. The number of morpholine rings is 1. The average molecular weight is 480 g/mol. The molecule has 0 radical (unpaired) electrons. The highest BCUT2D eigenvalue weighted by atomic mass is 35.5. The number of aryl methyl sites for hydroxylation is 1. The van der Waals surface area contributed by atoms with Gasteiger partial charge in [-0.3, -0.25) is 4.79 Å². The van der Waals surface area contributed by atoms with Crippen molar-refractivity contribution in [3.8, 4) is 11.6 Å². The number of para-hydroxylation sites is 1. The van der Waals surface area contributed by atoms with Crippen molar-refractivity contribution in [1.82, 2.24) is 9.55 Å². The molecule has 1 fully saturated rings. The van der Waals surface area contributed by atoms with Crippen molar-refractivity contribution in [3.05, 3.63) is 56.3 Å². The molecule has 1 aromatic carbocycles. The first-order valence-corrected chi connectivity index (χ1v) is 10.9. The Morgan fingerprint density at radius 2 is 1.91 bits per heavy atom. The molecule has 32 heavy (non-hydrogen) atoms. The Bertz CT molecular complexity index is 1170. The van der Waals surface area contributed by atoms with Gasteiger partial charge in [0.05, 0.1) is 41.1 Å². The van der Waals surface area contributed by atoms with E-state index in [0.29, 0.717) is 59.1 Å². The van der Waals surface area contributed by atoms with Crippen LogP contribution in [0.25, 0.3) is 16.6 Å². The minimum Gasteiger partial charge on any atom is -0.474 e. The van der Waals surface area contributed by atoms with E-state index in [-0.39, 0.29) is 23.3 Å². The van der Waals surface area contributed by atoms with E-state index in [4.69, 9.17) is 37.8 Å². The molecule has 0 spiro atoms. The molecule has 0 bridgehead atoms. The van der Waals surface area contributed by atoms with Gasteiger partial charge < -0.3 is 29.2 Å². The van der Waals surface area contributed by atoms with Gasteiger partial charge in [0.1, 0.15) is 23.9 Å². The van der Waals surface area contributed by atoms with Crippen LogP contribution in [-0.4, -0.2) is 65.4 Å². The van der Waals surface area contributed by atoms with Gasteiger partial charge in [0.15, 0.2) is 5.43 Å². The second-order valence-electron chi connectivity index (χ2n) is 7.48. The van der Waals surface area contributed by atoms with E-state index in [1.54, 1.807) is 25.1 Å². The van der Waals surface area contributed by atoms with E-state index in [1.807, 2.05) is 15.5 Å². The highest BCUT2D eigenvalue weighted by Gasteiger charge is 2.22. The predicted molar refractivity (Wildman–Crippen MR) is 124 cm³/mol. The van der Waals surface area contributed by atoms with E-state index in [9.17, 15) is 9.90 Å². The Morgan fingerprint density at radius 3 is 2.56 bits per heavy atom. The number of aromatic nitrogens is 2. The molecule has 8 nitrogen and oxygen atoms in total. The van der Waals surface area contributed by atoms with Crippen LogP contribution in [0.1, 0.15) is 5.69 Å². The molecular formula is C22H23Cl2N3O5. The minimum atomic E-state index is -1.11. The molecule has 1 saturated heterocycles. The minimum absolute atomic E-state index is 0.0680. The largest absolute Gasteiger partial charge is 0.474 e. The number of halogens is 2. The monoisotopic (exact) mass is 479 g/mol. The molecule has 0 aliphatic carbocycles. The second kappa shape index (κ2) is 9.64. The Hall–Kier alpha value is -2.36. The zero-order chi connectivity index (χ0) is 22.8. The van der Waals surface area contributed by atoms with E-state index >= 15 is 0 Å². The summed E-state index contributed by atoms with van der Waals surface area (Å²) >= 11 is 13.0. The van der Waals surface area contributed by atoms with Crippen LogP contribution in [-0.2, 0) is 4.74 Å². The number of hydrogen-bond donors (Lipinski definition) is 2. The standard InChI is InChI=1S/C22H23Cl2N3O5/c1-13-9-18(30)20-17(27(13)21-15(23)3-2-4-16(21)24)10-19(26-5-7-31-8-6-26)25-22(20)32-12-14(29)11-28/h2-4,9-10,14,28-29H,5-8,11-12H2,1H3. The smallest absolute Gasteiger partial charge is 0.229 e. The Morgan fingerprint density at radius 1 is 1.22 bits per heavy atom. The lowest BCUT2D eigenvalue weighted by atomic mass is 10.1. The van der Waals surface area contributed by atoms with Gasteiger partial charge in [-0.2, -0.15) is 4.98 Å². The number of anilines is 1. The Labute approximate surface area is 194 Å². The average Bonchev–Trinajstić information content (AvgIpc) is 2.79. The molecule has 0 amide bonds. The maximum atomic E-state index is 13.0. The van der Waals surface area contributed by atoms with Crippen molar-refractivity contribution in [2.75, 3.05) is 44.4 Å². The van der Waals surface area contributed by atoms with Gasteiger partial charge in [-0.05, 0) is 19.1 Å². The molecule has 3 aromatic rings. The fourth-order valence-corrected chi connectivity index (χ4v) is 4.27. The Balaban J connectivity index is 2.01. The Kier molecular flexibility index (Phi) is 6.88. The fraction of sp³-hybridized carbons (Fsp3) is 0.364. The number of rotatable bonds is 6. The van der Waals surface area contributed by atoms with Gasteiger partial charge in [0, 0.05) is 30.9 Å². The highest BCUT2D eigenvalue weighted by molar-refractivity contribution is 6.37. The van der Waals surface area contributed by atoms with Gasteiger partial charge >= 0.3 is 0 Å². The van der Waals surface area contributed by atoms with Crippen molar-refractivity contribution < 1.29 is 19.7 Å². The van der Waals surface area contributed by atoms with Crippen LogP contribution >= 0.6 is 23.2 Å². The van der Waals surface area contributed by atoms with Crippen molar-refractivity contribution in [1.29, 1.82) is 0 Å². The number of benzene rings is 1. The quantitative estimate of drug-likeness (QED) is 0.560. The molecule has 0 saturated carbocycles. The molecule has 2 aromatic heterocycles. The van der Waals surface area contributed by atoms with E-state index in [1.165, 1.54) is 6.07 Å². The number of hydrogen-bond acceptors (Lipinski definition) is 7. The van der Waals surface area contributed by atoms with Gasteiger partial charge in [-0.25, -0.2) is 0 Å². The van der Waals surface area contributed by atoms with Crippen LogP contribution < -0.4 is 15.1 Å². The molecule has 1 aliphatic heterocycles. The third-order valence-electron chi connectivity index (χ3n) is 5.25. The predicted octanol–water partition coefficient (Wildman–Crippen LogP) is 2.57. The molecule has 4 rings (SSSR count). The van der Waals surface area contributed by atoms with Crippen molar-refractivity contribution in [2.45, 2.75) is 13.0 Å². The van der Waals surface area contributed by atoms with Crippen LogP contribution in [0.5, 0.6) is 5.88 Å². The summed E-state index contributed by atoms with van der Waals surface area (Å²) in [5.74, 6) is 0.662. The zero-order valence-corrected chi connectivity index (χ0v) is 18.9. The van der Waals surface area contributed by atoms with E-state index < -0.39 is 12.7 Å². The van der Waals surface area contributed by atoms with Crippen LogP contribution in [0.3, 0.4) is 0 Å². The van der Waals surface area contributed by atoms with Crippen molar-refractivity contribution in [2.24, 2.45) is 0 Å². The lowest BCUT2D eigenvalue weighted by molar-refractivity contribution is 0.0526. The first-order valence-electron chi connectivity index (χ1n) is 10.2. The summed E-state index contributed by atoms with van der Waals surface area (Å²) in [5, 5.41) is 20.0. The fourth-order valence-electron chi connectivity index (χ4n) is 3.71. The molecule has 10 heteroatoms. The highest BCUT2D eigenvalue weighted by Crippen LogP contribution is 2.34. The lowest BCUT2D eigenvalue weighted by Crippen LogP contribution is -2.37. The number of aliphatic hydroxyl groups excluding tert-OH is 2. The lowest BCUT2D eigenvalue weighted by Gasteiger charge is -2.29. The summed E-state index contributed by atoms with van der Waals surface area (Å²) in [6.07, 6.45) is -1.11. The van der Waals surface area contributed by atoms with E-state index in [0.717, 1.165) is 0 Å². The summed E-state index contributed by atoms with van der Waals surface area (Å²) in [4.78, 5) is 19.6. The molecule has 170 valence electrons. The summed E-state index contributed by atoms with van der Waals surface area (Å²) in [6, 6.07) is 8.48. The molecule has 1 aliphatic rings. The van der Waals surface area contributed by atoms with Crippen LogP contribution in [0.15, 0.2) is 35.1 Å². The summed E-state index contributed by atoms with van der Waals surface area (Å²) in [5.41, 5.74) is 1.41. The number of ether oxygens (including phenoxy) is 2. The zero-order valence-electron chi connectivity index (χ0n) is 17.4. The maximum Gasteiger partial charge on any atom is 0.229 e. The second-order valence-corrected chi connectivity index (χ2v) is 8.30. The van der Waals surface area contributed by atoms with Crippen LogP contribution in [0, 0.1) is 6.92 Å². The summed E-state index contributed by atoms with van der Waals surface area (Å²) in [7, 11) is 0. The third kappa shape index (κ3) is 4.42. The molecule has 1 unspecified atom stereocenters. The van der Waals surface area contributed by atoms with Gasteiger partial charge in [-0.1, -0.05) is 29.3 Å². The third-order valence-corrected chi connectivity index (χ3v) is 5.86. The first-order chi connectivity index (χ1) is 15.4. The van der Waals surface area contributed by atoms with Gasteiger partial charge in [0.2, 0.25) is 5.88 Å². The molecular weight excluding hydrogens is 457 g/mol. The molecule has 3 heterocycles. The van der Waals surface area contributed by atoms with Crippen molar-refractivity contribution >= 4 is 39.9 Å². The van der Waals surface area contributed by atoms with Crippen LogP contribution in [0.4, 0.5) is 5.82 Å². The van der Waals surface area contributed by atoms with Gasteiger partial charge in [-0.15, -0.1) is 0 Å². The molecule has 2 N–H and O–H groups in total. The number of nitrogens with zero attached hydrogens (tertiary/aromatic N) is 3. The number of pyridine rings is 2. The topological polar surface area (TPSA) is 97.1 Å². The molecule has 1 atom stereocenters. The van der Waals surface area contributed by atoms with E-state index in [2.05, 4.69) is 4.98 Å². The van der Waals surface area contributed by atoms with Gasteiger partial charge in [0.25, 0.3) is 0 Å². The summed E-state index contributed by atoms with van der Waals surface area (Å²) < 4.78 is 13.0. The maximum absolute atomic E-state index is 13.0. The van der Waals surface area contributed by atoms with Crippen LogP contribution in [0.2, 0.25) is 10.0 Å². The summed E-state index contributed by atoms with van der Waals surface area (Å²) in [6.45, 7) is 3.46.